The summed E-state index contributed by atoms with van der Waals surface area (Å²) in [6.45, 7) is 4.89. The van der Waals surface area contributed by atoms with Crippen LogP contribution in [0.1, 0.15) is 316 Å². The standard InChI is InChI=1S/C61H115NO5/c1-3-5-7-9-11-13-15-17-18-27-31-35-39-43-47-51-55-61(66)67-56-52-48-44-40-36-32-28-25-23-21-19-20-22-24-26-30-34-38-42-46-50-54-60(65)62-58(57-63)59(64)53-49-45-41-37-33-29-16-14-12-10-8-6-4-2/h18,20,22,27,49,53,58-59,63-64H,3-17,19,21,23-26,28-48,50-52,54-57H2,1-2H3,(H,62,65)/b22-20-,27-18-,53-49+. The van der Waals surface area contributed by atoms with Crippen molar-refractivity contribution in [2.45, 2.75) is 328 Å². The molecule has 0 aromatic carbocycles. The van der Waals surface area contributed by atoms with Crippen LogP contribution in [0, 0.1) is 0 Å². The summed E-state index contributed by atoms with van der Waals surface area (Å²) < 4.78 is 5.48. The summed E-state index contributed by atoms with van der Waals surface area (Å²) in [6, 6.07) is -0.633. The average molecular weight is 943 g/mol. The van der Waals surface area contributed by atoms with E-state index in [4.69, 9.17) is 4.74 Å². The van der Waals surface area contributed by atoms with Gasteiger partial charge in [-0.05, 0) is 83.5 Å². The van der Waals surface area contributed by atoms with Crippen molar-refractivity contribution in [1.29, 1.82) is 0 Å². The molecule has 0 aliphatic carbocycles. The number of hydrogen-bond acceptors (Lipinski definition) is 5. The highest BCUT2D eigenvalue weighted by molar-refractivity contribution is 5.76. The van der Waals surface area contributed by atoms with Crippen molar-refractivity contribution in [3.05, 3.63) is 36.5 Å². The third-order valence-corrected chi connectivity index (χ3v) is 13.6. The van der Waals surface area contributed by atoms with Gasteiger partial charge >= 0.3 is 5.97 Å². The number of rotatable bonds is 55. The lowest BCUT2D eigenvalue weighted by atomic mass is 10.0. The number of unbranched alkanes of at least 4 members (excludes halogenated alkanes) is 40. The van der Waals surface area contributed by atoms with Gasteiger partial charge in [-0.3, -0.25) is 9.59 Å². The third-order valence-electron chi connectivity index (χ3n) is 13.6. The number of hydrogen-bond donors (Lipinski definition) is 3. The zero-order valence-electron chi connectivity index (χ0n) is 44.9. The van der Waals surface area contributed by atoms with Crippen LogP contribution in [0.4, 0.5) is 0 Å². The van der Waals surface area contributed by atoms with Gasteiger partial charge in [0.25, 0.3) is 0 Å². The molecular formula is C61H115NO5. The highest BCUT2D eigenvalue weighted by atomic mass is 16.5. The van der Waals surface area contributed by atoms with Gasteiger partial charge in [0, 0.05) is 12.8 Å². The van der Waals surface area contributed by atoms with Crippen molar-refractivity contribution in [3.8, 4) is 0 Å². The molecule has 6 heteroatoms. The average Bonchev–Trinajstić information content (AvgIpc) is 3.33. The zero-order chi connectivity index (χ0) is 48.6. The van der Waals surface area contributed by atoms with E-state index < -0.39 is 12.1 Å². The molecule has 0 bridgehead atoms. The summed E-state index contributed by atoms with van der Waals surface area (Å²) in [5.74, 6) is -0.0760. The number of amides is 1. The second-order valence-corrected chi connectivity index (χ2v) is 20.3. The molecule has 2 unspecified atom stereocenters. The van der Waals surface area contributed by atoms with Gasteiger partial charge in [-0.2, -0.15) is 0 Å². The molecule has 6 nitrogen and oxygen atoms in total. The van der Waals surface area contributed by atoms with Crippen LogP contribution in [0.5, 0.6) is 0 Å². The number of aliphatic hydroxyl groups excluding tert-OH is 2. The van der Waals surface area contributed by atoms with Crippen LogP contribution in [0.15, 0.2) is 36.5 Å². The Bertz CT molecular complexity index is 1090. The van der Waals surface area contributed by atoms with Crippen LogP contribution >= 0.6 is 0 Å². The van der Waals surface area contributed by atoms with Crippen LogP contribution in [-0.2, 0) is 14.3 Å². The highest BCUT2D eigenvalue weighted by Gasteiger charge is 2.18. The van der Waals surface area contributed by atoms with Crippen LogP contribution in [0.2, 0.25) is 0 Å². The lowest BCUT2D eigenvalue weighted by molar-refractivity contribution is -0.143. The zero-order valence-corrected chi connectivity index (χ0v) is 44.9. The quantitative estimate of drug-likeness (QED) is 0.0321. The molecule has 394 valence electrons. The van der Waals surface area contributed by atoms with Crippen LogP contribution in [-0.4, -0.2) is 47.4 Å². The van der Waals surface area contributed by atoms with Crippen molar-refractivity contribution >= 4 is 11.9 Å². The molecule has 0 saturated carbocycles. The number of ether oxygens (including phenoxy) is 1. The molecule has 0 aromatic rings. The Kier molecular flexibility index (Phi) is 55.0. The van der Waals surface area contributed by atoms with Gasteiger partial charge in [-0.25, -0.2) is 0 Å². The number of esters is 1. The van der Waals surface area contributed by atoms with Crippen molar-refractivity contribution in [3.63, 3.8) is 0 Å². The molecule has 0 spiro atoms. The number of aliphatic hydroxyl groups is 2. The first-order valence-electron chi connectivity index (χ1n) is 29.8. The minimum Gasteiger partial charge on any atom is -0.466 e. The van der Waals surface area contributed by atoms with Gasteiger partial charge in [0.1, 0.15) is 0 Å². The largest absolute Gasteiger partial charge is 0.466 e. The van der Waals surface area contributed by atoms with Crippen molar-refractivity contribution in [2.75, 3.05) is 13.2 Å². The molecule has 0 aromatic heterocycles. The lowest BCUT2D eigenvalue weighted by Crippen LogP contribution is -2.45. The predicted octanol–water partition coefficient (Wildman–Crippen LogP) is 18.4. The van der Waals surface area contributed by atoms with Gasteiger partial charge in [-0.1, -0.05) is 256 Å². The van der Waals surface area contributed by atoms with E-state index >= 15 is 0 Å². The Morgan fingerprint density at radius 2 is 0.701 bits per heavy atom. The SMILES string of the molecule is CCCCCCCCC/C=C\CCCCCCCC(=O)OCCCCCCCCCCCC/C=C\CCCCCCCCCC(=O)NC(CO)C(O)/C=C/CCCCCCCCCCCCC. The molecule has 0 rings (SSSR count). The lowest BCUT2D eigenvalue weighted by Gasteiger charge is -2.20. The first-order chi connectivity index (χ1) is 33.0. The molecule has 0 heterocycles. The molecule has 1 amide bonds. The van der Waals surface area contributed by atoms with E-state index in [-0.39, 0.29) is 18.5 Å². The van der Waals surface area contributed by atoms with Gasteiger partial charge in [0.15, 0.2) is 0 Å². The van der Waals surface area contributed by atoms with E-state index in [1.807, 2.05) is 6.08 Å². The summed E-state index contributed by atoms with van der Waals surface area (Å²) in [4.78, 5) is 24.5. The molecule has 67 heavy (non-hydrogen) atoms. The molecule has 2 atom stereocenters. The first-order valence-corrected chi connectivity index (χ1v) is 29.8. The third kappa shape index (κ3) is 53.3. The van der Waals surface area contributed by atoms with E-state index in [9.17, 15) is 19.8 Å². The second-order valence-electron chi connectivity index (χ2n) is 20.3. The molecular weight excluding hydrogens is 827 g/mol. The molecule has 0 aliphatic rings. The summed E-state index contributed by atoms with van der Waals surface area (Å²) in [7, 11) is 0. The number of allylic oxidation sites excluding steroid dienone is 5. The maximum Gasteiger partial charge on any atom is 0.305 e. The Balaban J connectivity index is 3.44. The summed E-state index contributed by atoms with van der Waals surface area (Å²) in [5.41, 5.74) is 0. The Morgan fingerprint density at radius 1 is 0.403 bits per heavy atom. The Labute approximate surface area is 417 Å². The van der Waals surface area contributed by atoms with Gasteiger partial charge < -0.3 is 20.3 Å². The molecule has 0 saturated heterocycles. The maximum atomic E-state index is 12.4. The van der Waals surface area contributed by atoms with Gasteiger partial charge in [0.2, 0.25) is 5.91 Å². The van der Waals surface area contributed by atoms with E-state index in [0.717, 1.165) is 51.4 Å². The number of carbonyl (C=O) groups is 2. The van der Waals surface area contributed by atoms with E-state index in [0.29, 0.717) is 19.4 Å². The minimum absolute atomic E-state index is 0.00000122. The molecule has 3 N–H and O–H groups in total. The normalized spacial score (nSPS) is 12.8. The fraction of sp³-hybridized carbons (Fsp3) is 0.869. The van der Waals surface area contributed by atoms with Crippen molar-refractivity contribution in [1.82, 2.24) is 5.32 Å². The van der Waals surface area contributed by atoms with Gasteiger partial charge in [0.05, 0.1) is 25.4 Å². The van der Waals surface area contributed by atoms with E-state index in [1.165, 1.54) is 238 Å². The fourth-order valence-corrected chi connectivity index (χ4v) is 9.03. The fourth-order valence-electron chi connectivity index (χ4n) is 9.03. The molecule has 0 radical (unpaired) electrons. The van der Waals surface area contributed by atoms with E-state index in [1.54, 1.807) is 6.08 Å². The van der Waals surface area contributed by atoms with Crippen LogP contribution in [0.3, 0.4) is 0 Å². The second kappa shape index (κ2) is 56.7. The molecule has 0 fully saturated rings. The summed E-state index contributed by atoms with van der Waals surface area (Å²) >= 11 is 0. The van der Waals surface area contributed by atoms with Gasteiger partial charge in [-0.15, -0.1) is 0 Å². The van der Waals surface area contributed by atoms with Crippen molar-refractivity contribution < 1.29 is 24.5 Å². The summed E-state index contributed by atoms with van der Waals surface area (Å²) in [6.07, 6.45) is 70.3. The van der Waals surface area contributed by atoms with E-state index in [2.05, 4.69) is 43.5 Å². The highest BCUT2D eigenvalue weighted by Crippen LogP contribution is 2.16. The smallest absolute Gasteiger partial charge is 0.305 e. The monoisotopic (exact) mass is 942 g/mol. The maximum absolute atomic E-state index is 12.4. The summed E-state index contributed by atoms with van der Waals surface area (Å²) in [5, 5.41) is 23.1. The number of nitrogens with one attached hydrogen (secondary N) is 1. The minimum atomic E-state index is -0.849. The number of carbonyl (C=O) groups excluding carboxylic acids is 2. The van der Waals surface area contributed by atoms with Crippen LogP contribution < -0.4 is 5.32 Å². The van der Waals surface area contributed by atoms with Crippen molar-refractivity contribution in [2.24, 2.45) is 0 Å². The predicted molar refractivity (Wildman–Crippen MR) is 292 cm³/mol. The molecule has 0 aliphatic heterocycles. The Hall–Kier alpha value is -1.92. The Morgan fingerprint density at radius 3 is 1.06 bits per heavy atom. The van der Waals surface area contributed by atoms with Crippen LogP contribution in [0.25, 0.3) is 0 Å². The first kappa shape index (κ1) is 65.1. The topological polar surface area (TPSA) is 95.9 Å².